The predicted molar refractivity (Wildman–Crippen MR) is 69.0 cm³/mol. The summed E-state index contributed by atoms with van der Waals surface area (Å²) in [7, 11) is 0. The molecule has 1 aliphatic heterocycles. The molecule has 92 valence electrons. The van der Waals surface area contributed by atoms with Gasteiger partial charge in [-0.15, -0.1) is 0 Å². The van der Waals surface area contributed by atoms with Gasteiger partial charge in [-0.1, -0.05) is 23.7 Å². The number of nitrogens with zero attached hydrogens (tertiary/aromatic N) is 1. The molecule has 1 saturated heterocycles. The van der Waals surface area contributed by atoms with Crippen molar-refractivity contribution in [1.82, 2.24) is 10.2 Å². The molecule has 1 aromatic rings. The van der Waals surface area contributed by atoms with Crippen molar-refractivity contribution >= 4 is 17.5 Å². The highest BCUT2D eigenvalue weighted by Crippen LogP contribution is 2.14. The van der Waals surface area contributed by atoms with E-state index in [1.807, 2.05) is 36.1 Å². The number of amides is 1. The Morgan fingerprint density at radius 1 is 1.53 bits per heavy atom. The normalized spacial score (nSPS) is 21.4. The predicted octanol–water partition coefficient (Wildman–Crippen LogP) is 2.05. The molecule has 1 aliphatic rings. The van der Waals surface area contributed by atoms with Gasteiger partial charge in [-0.2, -0.15) is 0 Å². The van der Waals surface area contributed by atoms with Crippen LogP contribution >= 0.6 is 11.6 Å². The average Bonchev–Trinajstić information content (AvgIpc) is 2.45. The van der Waals surface area contributed by atoms with Crippen molar-refractivity contribution in [3.63, 3.8) is 0 Å². The maximum atomic E-state index is 12.1. The fourth-order valence-corrected chi connectivity index (χ4v) is 2.29. The zero-order valence-corrected chi connectivity index (χ0v) is 10.7. The quantitative estimate of drug-likeness (QED) is 0.874. The van der Waals surface area contributed by atoms with Gasteiger partial charge in [0.25, 0.3) is 0 Å². The van der Waals surface area contributed by atoms with Crippen molar-refractivity contribution in [2.24, 2.45) is 0 Å². The third-order valence-electron chi connectivity index (χ3n) is 3.00. The molecule has 17 heavy (non-hydrogen) atoms. The molecule has 1 atom stereocenters. The van der Waals surface area contributed by atoms with Gasteiger partial charge >= 0.3 is 0 Å². The summed E-state index contributed by atoms with van der Waals surface area (Å²) in [6.07, 6.45) is 0.997. The summed E-state index contributed by atoms with van der Waals surface area (Å²) in [5, 5.41) is 3.92. The average molecular weight is 253 g/mol. The highest BCUT2D eigenvalue weighted by molar-refractivity contribution is 6.30. The maximum Gasteiger partial charge on any atom is 0.239 e. The molecule has 1 fully saturated rings. The lowest BCUT2D eigenvalue weighted by Crippen LogP contribution is -2.41. The van der Waals surface area contributed by atoms with Crippen molar-refractivity contribution < 1.29 is 4.79 Å². The van der Waals surface area contributed by atoms with Crippen molar-refractivity contribution in [2.45, 2.75) is 25.9 Å². The van der Waals surface area contributed by atoms with Crippen LogP contribution in [0.25, 0.3) is 0 Å². The highest BCUT2D eigenvalue weighted by atomic mass is 35.5. The number of carbonyl (C=O) groups excluding carboxylic acids is 1. The summed E-state index contributed by atoms with van der Waals surface area (Å²) in [6, 6.07) is 7.60. The molecule has 1 unspecified atom stereocenters. The fourth-order valence-electron chi connectivity index (χ4n) is 2.07. The third-order valence-corrected chi connectivity index (χ3v) is 3.23. The third kappa shape index (κ3) is 3.20. The van der Waals surface area contributed by atoms with Crippen LogP contribution in [0.1, 0.15) is 18.9 Å². The van der Waals surface area contributed by atoms with E-state index in [9.17, 15) is 4.79 Å². The Balaban J connectivity index is 2.08. The number of carbonyl (C=O) groups is 1. The second-order valence-electron chi connectivity index (χ2n) is 4.42. The minimum atomic E-state index is -0.0864. The number of benzene rings is 1. The molecule has 3 nitrogen and oxygen atoms in total. The molecular formula is C13H17ClN2O. The van der Waals surface area contributed by atoms with E-state index in [0.717, 1.165) is 30.1 Å². The second kappa shape index (κ2) is 5.52. The van der Waals surface area contributed by atoms with Gasteiger partial charge in [0.2, 0.25) is 5.91 Å². The Hall–Kier alpha value is -1.06. The zero-order valence-electron chi connectivity index (χ0n) is 9.95. The Labute approximate surface area is 107 Å². The van der Waals surface area contributed by atoms with Gasteiger partial charge in [0.1, 0.15) is 0 Å². The molecule has 1 amide bonds. The first-order chi connectivity index (χ1) is 8.16. The van der Waals surface area contributed by atoms with Gasteiger partial charge in [0.15, 0.2) is 0 Å². The lowest BCUT2D eigenvalue weighted by molar-refractivity contribution is -0.132. The van der Waals surface area contributed by atoms with Gasteiger partial charge in [0, 0.05) is 18.1 Å². The van der Waals surface area contributed by atoms with Gasteiger partial charge in [-0.3, -0.25) is 4.79 Å². The zero-order chi connectivity index (χ0) is 12.3. The molecule has 0 bridgehead atoms. The molecule has 1 heterocycles. The second-order valence-corrected chi connectivity index (χ2v) is 4.86. The molecule has 0 aromatic heterocycles. The van der Waals surface area contributed by atoms with Crippen LogP contribution in [0.5, 0.6) is 0 Å². The van der Waals surface area contributed by atoms with Crippen LogP contribution in [-0.4, -0.2) is 29.9 Å². The Morgan fingerprint density at radius 2 is 2.35 bits per heavy atom. The van der Waals surface area contributed by atoms with Crippen LogP contribution in [0.3, 0.4) is 0 Å². The molecule has 0 aliphatic carbocycles. The molecule has 0 saturated carbocycles. The molecule has 0 radical (unpaired) electrons. The van der Waals surface area contributed by atoms with E-state index in [2.05, 4.69) is 5.32 Å². The number of hydrogen-bond donors (Lipinski definition) is 1. The Kier molecular flexibility index (Phi) is 4.02. The molecular weight excluding hydrogens is 236 g/mol. The monoisotopic (exact) mass is 252 g/mol. The van der Waals surface area contributed by atoms with E-state index >= 15 is 0 Å². The molecule has 2 rings (SSSR count). The molecule has 1 N–H and O–H groups in total. The number of hydrogen-bond acceptors (Lipinski definition) is 2. The summed E-state index contributed by atoms with van der Waals surface area (Å²) in [6.45, 7) is 4.27. The first kappa shape index (κ1) is 12.4. The van der Waals surface area contributed by atoms with Crippen molar-refractivity contribution in [2.75, 3.05) is 13.1 Å². The summed E-state index contributed by atoms with van der Waals surface area (Å²) < 4.78 is 0. The topological polar surface area (TPSA) is 32.3 Å². The summed E-state index contributed by atoms with van der Waals surface area (Å²) in [4.78, 5) is 14.0. The SMILES string of the molecule is CC1NCCCN(Cc2cccc(Cl)c2)C1=O. The smallest absolute Gasteiger partial charge is 0.239 e. The van der Waals surface area contributed by atoms with E-state index in [4.69, 9.17) is 11.6 Å². The van der Waals surface area contributed by atoms with Crippen LogP contribution in [0.4, 0.5) is 0 Å². The van der Waals surface area contributed by atoms with Gasteiger partial charge in [-0.25, -0.2) is 0 Å². The van der Waals surface area contributed by atoms with Crippen LogP contribution in [0, 0.1) is 0 Å². The largest absolute Gasteiger partial charge is 0.337 e. The first-order valence-electron chi connectivity index (χ1n) is 5.93. The van der Waals surface area contributed by atoms with E-state index in [-0.39, 0.29) is 11.9 Å². The van der Waals surface area contributed by atoms with Crippen LogP contribution in [-0.2, 0) is 11.3 Å². The van der Waals surface area contributed by atoms with E-state index in [0.29, 0.717) is 6.54 Å². The number of nitrogens with one attached hydrogen (secondary N) is 1. The maximum absolute atomic E-state index is 12.1. The van der Waals surface area contributed by atoms with E-state index < -0.39 is 0 Å². The van der Waals surface area contributed by atoms with Gasteiger partial charge in [0.05, 0.1) is 6.04 Å². The van der Waals surface area contributed by atoms with Gasteiger partial charge < -0.3 is 10.2 Å². The molecule has 0 spiro atoms. The Morgan fingerprint density at radius 3 is 3.12 bits per heavy atom. The molecule has 4 heteroatoms. The summed E-state index contributed by atoms with van der Waals surface area (Å²) in [5.74, 6) is 0.169. The number of rotatable bonds is 2. The summed E-state index contributed by atoms with van der Waals surface area (Å²) >= 11 is 5.94. The Bertz CT molecular complexity index is 408. The summed E-state index contributed by atoms with van der Waals surface area (Å²) in [5.41, 5.74) is 1.08. The van der Waals surface area contributed by atoms with Crippen LogP contribution < -0.4 is 5.32 Å². The minimum absolute atomic E-state index is 0.0864. The minimum Gasteiger partial charge on any atom is -0.337 e. The molecule has 1 aromatic carbocycles. The van der Waals surface area contributed by atoms with Crippen LogP contribution in [0.15, 0.2) is 24.3 Å². The van der Waals surface area contributed by atoms with Crippen molar-refractivity contribution in [3.8, 4) is 0 Å². The van der Waals surface area contributed by atoms with Crippen LogP contribution in [0.2, 0.25) is 5.02 Å². The standard InChI is InChI=1S/C13H17ClN2O/c1-10-13(17)16(7-3-6-15-10)9-11-4-2-5-12(14)8-11/h2,4-5,8,10,15H,3,6-7,9H2,1H3. The fraction of sp³-hybridized carbons (Fsp3) is 0.462. The first-order valence-corrected chi connectivity index (χ1v) is 6.31. The van der Waals surface area contributed by atoms with E-state index in [1.165, 1.54) is 0 Å². The highest BCUT2D eigenvalue weighted by Gasteiger charge is 2.22. The van der Waals surface area contributed by atoms with Gasteiger partial charge in [-0.05, 0) is 37.6 Å². The number of halogens is 1. The van der Waals surface area contributed by atoms with E-state index in [1.54, 1.807) is 0 Å². The lowest BCUT2D eigenvalue weighted by atomic mass is 10.2. The van der Waals surface area contributed by atoms with Crippen molar-refractivity contribution in [1.29, 1.82) is 0 Å². The lowest BCUT2D eigenvalue weighted by Gasteiger charge is -2.22. The van der Waals surface area contributed by atoms with Crippen molar-refractivity contribution in [3.05, 3.63) is 34.9 Å².